The van der Waals surface area contributed by atoms with Gasteiger partial charge in [-0.1, -0.05) is 84.9 Å². The van der Waals surface area contributed by atoms with E-state index in [9.17, 15) is 0 Å². The molecule has 250 valence electrons. The lowest BCUT2D eigenvalue weighted by Gasteiger charge is -2.32. The highest BCUT2D eigenvalue weighted by Crippen LogP contribution is 2.40. The van der Waals surface area contributed by atoms with Crippen molar-refractivity contribution in [2.45, 2.75) is 43.5 Å². The summed E-state index contributed by atoms with van der Waals surface area (Å²) in [5, 5.41) is 0. The van der Waals surface area contributed by atoms with E-state index in [-0.39, 0.29) is 23.7 Å². The van der Waals surface area contributed by atoms with Gasteiger partial charge in [0.05, 0.1) is 19.8 Å². The van der Waals surface area contributed by atoms with Crippen LogP contribution in [0.5, 0.6) is 17.2 Å². The van der Waals surface area contributed by atoms with E-state index in [2.05, 4.69) is 104 Å². The third-order valence-corrected chi connectivity index (χ3v) is 9.67. The van der Waals surface area contributed by atoms with Gasteiger partial charge in [0.25, 0.3) is 0 Å². The van der Waals surface area contributed by atoms with Crippen molar-refractivity contribution in [1.29, 1.82) is 0 Å². The Balaban J connectivity index is 0.997. The van der Waals surface area contributed by atoms with Gasteiger partial charge in [0, 0.05) is 5.41 Å². The molecule has 0 saturated carbocycles. The van der Waals surface area contributed by atoms with Gasteiger partial charge in [-0.05, 0) is 95.1 Å². The van der Waals surface area contributed by atoms with Crippen LogP contribution in [0.1, 0.15) is 45.9 Å². The van der Waals surface area contributed by atoms with Crippen LogP contribution in [-0.2, 0) is 32.5 Å². The molecule has 6 heteroatoms. The highest BCUT2D eigenvalue weighted by molar-refractivity contribution is 5.52. The van der Waals surface area contributed by atoms with Crippen molar-refractivity contribution in [1.82, 2.24) is 0 Å². The van der Waals surface area contributed by atoms with Gasteiger partial charge in [0.15, 0.2) is 0 Å². The minimum Gasteiger partial charge on any atom is -0.491 e. The van der Waals surface area contributed by atoms with E-state index >= 15 is 0 Å². The zero-order chi connectivity index (χ0) is 33.0. The average Bonchev–Trinajstić information content (AvgIpc) is 3.99. The van der Waals surface area contributed by atoms with Crippen molar-refractivity contribution >= 4 is 0 Å². The second kappa shape index (κ2) is 14.1. The molecule has 3 aliphatic heterocycles. The van der Waals surface area contributed by atoms with E-state index in [1.54, 1.807) is 0 Å². The van der Waals surface area contributed by atoms with Gasteiger partial charge >= 0.3 is 0 Å². The molecule has 3 fully saturated rings. The third kappa shape index (κ3) is 8.16. The van der Waals surface area contributed by atoms with Gasteiger partial charge in [0.1, 0.15) is 55.4 Å². The maximum absolute atomic E-state index is 5.97. The molecule has 0 bridgehead atoms. The lowest BCUT2D eigenvalue weighted by Crippen LogP contribution is -2.25. The number of epoxide rings is 3. The second-order valence-electron chi connectivity index (χ2n) is 13.5. The molecule has 8 rings (SSSR count). The molecule has 3 unspecified atom stereocenters. The Kier molecular flexibility index (Phi) is 9.09. The summed E-state index contributed by atoms with van der Waals surface area (Å²) in [7, 11) is 0. The predicted molar refractivity (Wildman–Crippen MR) is 189 cm³/mol. The third-order valence-electron chi connectivity index (χ3n) is 9.67. The molecule has 0 aromatic heterocycles. The first kappa shape index (κ1) is 31.6. The maximum atomic E-state index is 5.97. The van der Waals surface area contributed by atoms with Gasteiger partial charge in [-0.2, -0.15) is 0 Å². The Hall–Kier alpha value is -4.62. The van der Waals surface area contributed by atoms with Crippen LogP contribution in [0.2, 0.25) is 0 Å². The molecule has 5 aromatic carbocycles. The normalized spacial score (nSPS) is 20.2. The lowest BCUT2D eigenvalue weighted by molar-refractivity contribution is 0.263. The number of benzene rings is 5. The highest BCUT2D eigenvalue weighted by Gasteiger charge is 2.32. The molecule has 0 N–H and O–H groups in total. The van der Waals surface area contributed by atoms with Crippen LogP contribution in [0.4, 0.5) is 0 Å². The first-order valence-electron chi connectivity index (χ1n) is 17.3. The molecule has 0 spiro atoms. The van der Waals surface area contributed by atoms with Crippen molar-refractivity contribution < 1.29 is 28.4 Å². The van der Waals surface area contributed by atoms with Crippen molar-refractivity contribution in [3.8, 4) is 17.2 Å². The average molecular weight is 655 g/mol. The quantitative estimate of drug-likeness (QED) is 0.0809. The predicted octanol–water partition coefficient (Wildman–Crippen LogP) is 7.56. The van der Waals surface area contributed by atoms with E-state index in [0.717, 1.165) is 49.9 Å². The molecule has 5 aromatic rings. The fraction of sp³-hybridized carbons (Fsp3) is 0.302. The summed E-state index contributed by atoms with van der Waals surface area (Å²) >= 11 is 0. The zero-order valence-electron chi connectivity index (χ0n) is 27.9. The van der Waals surface area contributed by atoms with Crippen LogP contribution in [0, 0.1) is 0 Å². The van der Waals surface area contributed by atoms with Crippen molar-refractivity contribution in [2.24, 2.45) is 0 Å². The molecule has 6 nitrogen and oxygen atoms in total. The van der Waals surface area contributed by atoms with E-state index in [4.69, 9.17) is 28.4 Å². The van der Waals surface area contributed by atoms with Gasteiger partial charge in [0.2, 0.25) is 0 Å². The molecule has 0 aliphatic carbocycles. The Bertz CT molecular complexity index is 1700. The summed E-state index contributed by atoms with van der Waals surface area (Å²) in [4.78, 5) is 0. The van der Waals surface area contributed by atoms with Crippen LogP contribution >= 0.6 is 0 Å². The Labute approximate surface area is 288 Å². The minimum absolute atomic E-state index is 0.226. The van der Waals surface area contributed by atoms with E-state index in [1.807, 2.05) is 24.3 Å². The Morgan fingerprint density at radius 2 is 0.673 bits per heavy atom. The number of ether oxygens (including phenoxy) is 6. The molecule has 49 heavy (non-hydrogen) atoms. The number of rotatable bonds is 16. The fourth-order valence-electron chi connectivity index (χ4n) is 6.24. The molecule has 3 atom stereocenters. The largest absolute Gasteiger partial charge is 0.491 e. The summed E-state index contributed by atoms with van der Waals surface area (Å²) in [5.74, 6) is 2.63. The van der Waals surface area contributed by atoms with Crippen LogP contribution in [0.25, 0.3) is 0 Å². The minimum atomic E-state index is -0.371. The van der Waals surface area contributed by atoms with Gasteiger partial charge < -0.3 is 28.4 Å². The van der Waals surface area contributed by atoms with Crippen molar-refractivity contribution in [2.75, 3.05) is 39.6 Å². The van der Waals surface area contributed by atoms with Crippen LogP contribution in [0.3, 0.4) is 0 Å². The van der Waals surface area contributed by atoms with E-state index in [0.29, 0.717) is 19.8 Å². The smallest absolute Gasteiger partial charge is 0.119 e. The standard InChI is InChI=1S/C43H42O6/c1-43(36-14-20-39(21-15-36)46-26-42-29-49-42,34-10-2-30(3-11-34)22-32-6-16-37(17-7-32)44-24-40-27-47-40)35-12-4-31(5-13-35)23-33-8-18-38(19-9-33)45-25-41-28-48-41/h2-21,40-42H,22-29H2,1H3. The molecule has 0 amide bonds. The Morgan fingerprint density at radius 3 is 0.959 bits per heavy atom. The van der Waals surface area contributed by atoms with Crippen molar-refractivity contribution in [3.63, 3.8) is 0 Å². The topological polar surface area (TPSA) is 65.3 Å². The highest BCUT2D eigenvalue weighted by atomic mass is 16.6. The summed E-state index contributed by atoms with van der Waals surface area (Å²) in [5.41, 5.74) is 8.36. The monoisotopic (exact) mass is 654 g/mol. The summed E-state index contributed by atoms with van der Waals surface area (Å²) in [6.07, 6.45) is 2.45. The van der Waals surface area contributed by atoms with Gasteiger partial charge in [-0.3, -0.25) is 0 Å². The molecular formula is C43H42O6. The number of hydrogen-bond acceptors (Lipinski definition) is 6. The van der Waals surface area contributed by atoms with Gasteiger partial charge in [-0.15, -0.1) is 0 Å². The van der Waals surface area contributed by atoms with Crippen LogP contribution in [0.15, 0.2) is 121 Å². The Morgan fingerprint density at radius 1 is 0.429 bits per heavy atom. The van der Waals surface area contributed by atoms with Gasteiger partial charge in [-0.25, -0.2) is 0 Å². The first-order valence-corrected chi connectivity index (χ1v) is 17.3. The summed E-state index contributed by atoms with van der Waals surface area (Å²) in [6, 6.07) is 43.5. The van der Waals surface area contributed by atoms with Crippen LogP contribution < -0.4 is 14.2 Å². The molecular weight excluding hydrogens is 612 g/mol. The lowest BCUT2D eigenvalue weighted by atomic mass is 9.70. The molecule has 0 radical (unpaired) electrons. The molecule has 3 aliphatic rings. The van der Waals surface area contributed by atoms with E-state index in [1.165, 1.54) is 38.9 Å². The number of hydrogen-bond donors (Lipinski definition) is 0. The first-order chi connectivity index (χ1) is 24.1. The zero-order valence-corrected chi connectivity index (χ0v) is 27.9. The maximum Gasteiger partial charge on any atom is 0.119 e. The SMILES string of the molecule is CC(c1ccc(Cc2ccc(OCC3CO3)cc2)cc1)(c1ccc(Cc2ccc(OCC3CO3)cc2)cc1)c1ccc(OCC2CO2)cc1. The summed E-state index contributed by atoms with van der Waals surface area (Å²) < 4.78 is 33.4. The summed E-state index contributed by atoms with van der Waals surface area (Å²) in [6.45, 7) is 6.54. The van der Waals surface area contributed by atoms with Crippen molar-refractivity contribution in [3.05, 3.63) is 160 Å². The molecule has 3 saturated heterocycles. The van der Waals surface area contributed by atoms with Crippen LogP contribution in [-0.4, -0.2) is 58.0 Å². The second-order valence-corrected chi connectivity index (χ2v) is 13.5. The molecule has 3 heterocycles. The fourth-order valence-corrected chi connectivity index (χ4v) is 6.24. The van der Waals surface area contributed by atoms with E-state index < -0.39 is 0 Å².